The number of carbonyl (C=O) groups is 1. The van der Waals surface area contributed by atoms with Gasteiger partial charge in [0, 0.05) is 12.0 Å². The summed E-state index contributed by atoms with van der Waals surface area (Å²) in [4.78, 5) is 12.3. The molecule has 0 aliphatic carbocycles. The minimum Gasteiger partial charge on any atom is -0.468 e. The molecule has 70 valence electrons. The van der Waals surface area contributed by atoms with Crippen LogP contribution in [0.3, 0.4) is 0 Å². The van der Waals surface area contributed by atoms with Crippen molar-refractivity contribution in [1.29, 1.82) is 0 Å². The van der Waals surface area contributed by atoms with E-state index in [0.29, 0.717) is 25.0 Å². The van der Waals surface area contributed by atoms with Crippen molar-refractivity contribution in [3.8, 4) is 0 Å². The van der Waals surface area contributed by atoms with E-state index in [1.165, 1.54) is 19.4 Å². The van der Waals surface area contributed by atoms with Crippen molar-refractivity contribution >= 4 is 6.47 Å². The quantitative estimate of drug-likeness (QED) is 0.591. The molecular weight excluding hydrogens is 154 g/mol. The van der Waals surface area contributed by atoms with Crippen LogP contribution in [0.25, 0.3) is 0 Å². The summed E-state index contributed by atoms with van der Waals surface area (Å²) in [7, 11) is 2.12. The van der Waals surface area contributed by atoms with Crippen LogP contribution in [-0.2, 0) is 9.53 Å². The molecule has 0 aromatic rings. The van der Waals surface area contributed by atoms with E-state index in [9.17, 15) is 4.79 Å². The van der Waals surface area contributed by atoms with Gasteiger partial charge in [-0.25, -0.2) is 0 Å². The lowest BCUT2D eigenvalue weighted by molar-refractivity contribution is -0.131. The van der Waals surface area contributed by atoms with Crippen molar-refractivity contribution in [2.24, 2.45) is 5.92 Å². The van der Waals surface area contributed by atoms with Crippen LogP contribution in [0.5, 0.6) is 0 Å². The third-order valence-electron chi connectivity index (χ3n) is 2.84. The number of ether oxygens (including phenoxy) is 1. The molecule has 0 aromatic carbocycles. The zero-order valence-electron chi connectivity index (χ0n) is 7.82. The summed E-state index contributed by atoms with van der Waals surface area (Å²) >= 11 is 0. The first kappa shape index (κ1) is 9.52. The lowest BCUT2D eigenvalue weighted by Gasteiger charge is -2.36. The fourth-order valence-electron chi connectivity index (χ4n) is 1.79. The number of carbonyl (C=O) groups excluding carboxylic acids is 1. The molecule has 0 amide bonds. The summed E-state index contributed by atoms with van der Waals surface area (Å²) in [6.45, 7) is 4.48. The minimum absolute atomic E-state index is 0.522. The van der Waals surface area contributed by atoms with E-state index in [1.54, 1.807) is 0 Å². The third kappa shape index (κ3) is 2.21. The number of hydrogen-bond acceptors (Lipinski definition) is 3. The highest BCUT2D eigenvalue weighted by Gasteiger charge is 2.25. The number of piperidine rings is 1. The van der Waals surface area contributed by atoms with Crippen molar-refractivity contribution < 1.29 is 9.53 Å². The molecule has 1 rings (SSSR count). The van der Waals surface area contributed by atoms with Crippen molar-refractivity contribution in [1.82, 2.24) is 4.90 Å². The highest BCUT2D eigenvalue weighted by molar-refractivity contribution is 5.36. The maximum Gasteiger partial charge on any atom is 0.293 e. The molecule has 1 heterocycles. The lowest BCUT2D eigenvalue weighted by atomic mass is 9.91. The summed E-state index contributed by atoms with van der Waals surface area (Å²) in [6, 6.07) is 0.540. The third-order valence-corrected chi connectivity index (χ3v) is 2.84. The predicted octanol–water partition coefficient (Wildman–Crippen LogP) is 0.890. The fourth-order valence-corrected chi connectivity index (χ4v) is 1.79. The molecule has 2 atom stereocenters. The molecule has 1 fully saturated rings. The number of rotatable bonds is 3. The standard InChI is InChI=1S/C9H17NO2/c1-8-9(6-12-7-11)4-3-5-10(8)2/h7-9H,3-6H2,1-2H3/t8-,9?/m1/s1. The molecule has 1 saturated heterocycles. The molecule has 0 radical (unpaired) electrons. The Bertz CT molecular complexity index is 149. The first-order valence-corrected chi connectivity index (χ1v) is 4.51. The van der Waals surface area contributed by atoms with E-state index in [2.05, 4.69) is 18.9 Å². The molecule has 12 heavy (non-hydrogen) atoms. The number of nitrogens with zero attached hydrogens (tertiary/aromatic N) is 1. The predicted molar refractivity (Wildman–Crippen MR) is 46.8 cm³/mol. The van der Waals surface area contributed by atoms with Crippen LogP contribution < -0.4 is 0 Å². The van der Waals surface area contributed by atoms with Crippen LogP contribution in [-0.4, -0.2) is 37.6 Å². The highest BCUT2D eigenvalue weighted by Crippen LogP contribution is 2.21. The van der Waals surface area contributed by atoms with Crippen LogP contribution in [0.1, 0.15) is 19.8 Å². The molecule has 0 bridgehead atoms. The Kier molecular flexibility index (Phi) is 3.53. The van der Waals surface area contributed by atoms with Gasteiger partial charge >= 0.3 is 0 Å². The van der Waals surface area contributed by atoms with E-state index in [-0.39, 0.29) is 0 Å². The SMILES string of the molecule is C[C@@H]1C(COC=O)CCCN1C. The zero-order chi connectivity index (χ0) is 8.97. The maximum absolute atomic E-state index is 10.00. The molecule has 0 N–H and O–H groups in total. The molecule has 1 aliphatic rings. The maximum atomic E-state index is 10.00. The van der Waals surface area contributed by atoms with Gasteiger partial charge in [0.1, 0.15) is 0 Å². The average Bonchev–Trinajstić information content (AvgIpc) is 2.08. The van der Waals surface area contributed by atoms with Crippen LogP contribution in [0.4, 0.5) is 0 Å². The normalized spacial score (nSPS) is 31.5. The van der Waals surface area contributed by atoms with E-state index in [0.717, 1.165) is 0 Å². The van der Waals surface area contributed by atoms with Crippen molar-refractivity contribution in [2.45, 2.75) is 25.8 Å². The van der Waals surface area contributed by atoms with Gasteiger partial charge in [0.2, 0.25) is 0 Å². The monoisotopic (exact) mass is 171 g/mol. The Labute approximate surface area is 73.7 Å². The smallest absolute Gasteiger partial charge is 0.293 e. The van der Waals surface area contributed by atoms with Crippen LogP contribution in [0.15, 0.2) is 0 Å². The topological polar surface area (TPSA) is 29.5 Å². The lowest BCUT2D eigenvalue weighted by Crippen LogP contribution is -2.42. The highest BCUT2D eigenvalue weighted by atomic mass is 16.5. The van der Waals surface area contributed by atoms with Gasteiger partial charge in [-0.1, -0.05) is 0 Å². The van der Waals surface area contributed by atoms with E-state index in [1.807, 2.05) is 0 Å². The van der Waals surface area contributed by atoms with Gasteiger partial charge in [0.05, 0.1) is 6.61 Å². The summed E-state index contributed by atoms with van der Waals surface area (Å²) < 4.78 is 4.78. The summed E-state index contributed by atoms with van der Waals surface area (Å²) in [6.07, 6.45) is 2.40. The Morgan fingerprint density at radius 2 is 2.42 bits per heavy atom. The molecule has 1 unspecified atom stereocenters. The molecule has 3 nitrogen and oxygen atoms in total. The van der Waals surface area contributed by atoms with E-state index in [4.69, 9.17) is 4.74 Å². The van der Waals surface area contributed by atoms with Crippen molar-refractivity contribution in [3.63, 3.8) is 0 Å². The second kappa shape index (κ2) is 4.45. The minimum atomic E-state index is 0.522. The largest absolute Gasteiger partial charge is 0.468 e. The second-order valence-corrected chi connectivity index (χ2v) is 3.55. The molecule has 3 heteroatoms. The fraction of sp³-hybridized carbons (Fsp3) is 0.889. The molecule has 0 spiro atoms. The van der Waals surface area contributed by atoms with Gasteiger partial charge in [0.15, 0.2) is 0 Å². The number of hydrogen-bond donors (Lipinski definition) is 0. The molecule has 0 saturated carbocycles. The van der Waals surface area contributed by atoms with Gasteiger partial charge in [-0.3, -0.25) is 4.79 Å². The van der Waals surface area contributed by atoms with Crippen LogP contribution >= 0.6 is 0 Å². The van der Waals surface area contributed by atoms with E-state index < -0.39 is 0 Å². The zero-order valence-corrected chi connectivity index (χ0v) is 7.82. The Morgan fingerprint density at radius 1 is 1.67 bits per heavy atom. The van der Waals surface area contributed by atoms with Gasteiger partial charge in [-0.05, 0) is 33.4 Å². The Hall–Kier alpha value is -0.570. The van der Waals surface area contributed by atoms with Gasteiger partial charge in [-0.2, -0.15) is 0 Å². The van der Waals surface area contributed by atoms with Gasteiger partial charge < -0.3 is 9.64 Å². The van der Waals surface area contributed by atoms with Gasteiger partial charge in [0.25, 0.3) is 6.47 Å². The number of likely N-dealkylation sites (tertiary alicyclic amines) is 1. The molecular formula is C9H17NO2. The summed E-state index contributed by atoms with van der Waals surface area (Å²) in [5.41, 5.74) is 0. The Balaban J connectivity index is 2.35. The van der Waals surface area contributed by atoms with Crippen molar-refractivity contribution in [3.05, 3.63) is 0 Å². The van der Waals surface area contributed by atoms with Crippen LogP contribution in [0.2, 0.25) is 0 Å². The summed E-state index contributed by atoms with van der Waals surface area (Å²) in [5, 5.41) is 0. The van der Waals surface area contributed by atoms with E-state index >= 15 is 0 Å². The van der Waals surface area contributed by atoms with Crippen molar-refractivity contribution in [2.75, 3.05) is 20.2 Å². The van der Waals surface area contributed by atoms with Gasteiger partial charge in [-0.15, -0.1) is 0 Å². The summed E-state index contributed by atoms with van der Waals surface area (Å²) in [5.74, 6) is 0.522. The Morgan fingerprint density at radius 3 is 3.08 bits per heavy atom. The average molecular weight is 171 g/mol. The second-order valence-electron chi connectivity index (χ2n) is 3.55. The molecule has 1 aliphatic heterocycles. The van der Waals surface area contributed by atoms with Crippen LogP contribution in [0, 0.1) is 5.92 Å². The first-order chi connectivity index (χ1) is 5.75. The first-order valence-electron chi connectivity index (χ1n) is 4.51. The molecule has 0 aromatic heterocycles.